The van der Waals surface area contributed by atoms with E-state index in [-0.39, 0.29) is 18.0 Å². The van der Waals surface area contributed by atoms with Crippen LogP contribution in [0.1, 0.15) is 35.4 Å². The van der Waals surface area contributed by atoms with Crippen molar-refractivity contribution in [2.24, 2.45) is 15.9 Å². The summed E-state index contributed by atoms with van der Waals surface area (Å²) >= 11 is 0. The zero-order chi connectivity index (χ0) is 28.7. The first-order valence-corrected chi connectivity index (χ1v) is 14.6. The second-order valence-electron chi connectivity index (χ2n) is 10.7. The van der Waals surface area contributed by atoms with Crippen molar-refractivity contribution in [3.63, 3.8) is 0 Å². The third-order valence-electron chi connectivity index (χ3n) is 7.95. The summed E-state index contributed by atoms with van der Waals surface area (Å²) in [6.45, 7) is 8.10. The normalized spacial score (nSPS) is 18.9. The van der Waals surface area contributed by atoms with Gasteiger partial charge in [0.25, 0.3) is 0 Å². The number of benzene rings is 4. The van der Waals surface area contributed by atoms with Crippen LogP contribution in [-0.4, -0.2) is 17.8 Å². The van der Waals surface area contributed by atoms with Gasteiger partial charge >= 0.3 is 0 Å². The van der Waals surface area contributed by atoms with Crippen LogP contribution in [0.5, 0.6) is 0 Å². The molecule has 0 amide bonds. The highest BCUT2D eigenvalue weighted by Crippen LogP contribution is 2.36. The quantitative estimate of drug-likeness (QED) is 0.209. The van der Waals surface area contributed by atoms with Gasteiger partial charge in [-0.05, 0) is 52.3 Å². The van der Waals surface area contributed by atoms with E-state index in [9.17, 15) is 0 Å². The zero-order valence-corrected chi connectivity index (χ0v) is 23.7. The van der Waals surface area contributed by atoms with Gasteiger partial charge in [0, 0.05) is 17.4 Å². The Kier molecular flexibility index (Phi) is 8.19. The molecule has 0 spiro atoms. The summed E-state index contributed by atoms with van der Waals surface area (Å²) in [5.74, 6) is 1.93. The molecule has 2 aliphatic rings. The van der Waals surface area contributed by atoms with Crippen LogP contribution in [0.3, 0.4) is 0 Å². The fourth-order valence-corrected chi connectivity index (χ4v) is 5.66. The standard InChI is InChI=1S/C39H35N3/c1-3-14-28(4-2)37-40-38(33-23-21-32(22-24-33)29-15-8-5-9-16-29)42-39(41-37)36-26-34(30-17-10-6-11-18-30)25-35(27-36)31-19-12-7-13-20-31/h3-13,15-26,28,35,37H,1-2,14,27H2,(H,40,41,42)/t28-,35?,37?/m1/s1. The molecule has 0 aromatic heterocycles. The Labute approximate surface area is 249 Å². The minimum atomic E-state index is -0.195. The highest BCUT2D eigenvalue weighted by atomic mass is 15.2. The number of nitrogens with zero attached hydrogens (tertiary/aromatic N) is 2. The Hall–Kier alpha value is -5.02. The number of hydrogen-bond donors (Lipinski definition) is 1. The van der Waals surface area contributed by atoms with Crippen LogP contribution >= 0.6 is 0 Å². The second kappa shape index (κ2) is 12.7. The van der Waals surface area contributed by atoms with Gasteiger partial charge in [-0.1, -0.05) is 133 Å². The first-order valence-electron chi connectivity index (χ1n) is 14.6. The van der Waals surface area contributed by atoms with Crippen LogP contribution < -0.4 is 5.32 Å². The second-order valence-corrected chi connectivity index (χ2v) is 10.7. The van der Waals surface area contributed by atoms with Gasteiger partial charge in [0.2, 0.25) is 0 Å². The van der Waals surface area contributed by atoms with E-state index in [1.807, 2.05) is 18.2 Å². The molecule has 42 heavy (non-hydrogen) atoms. The molecule has 0 saturated heterocycles. The topological polar surface area (TPSA) is 36.8 Å². The monoisotopic (exact) mass is 545 g/mol. The molecule has 1 heterocycles. The maximum absolute atomic E-state index is 5.16. The van der Waals surface area contributed by atoms with Crippen molar-refractivity contribution in [1.82, 2.24) is 5.32 Å². The van der Waals surface area contributed by atoms with Crippen molar-refractivity contribution in [2.45, 2.75) is 24.9 Å². The molecule has 0 saturated carbocycles. The van der Waals surface area contributed by atoms with Crippen LogP contribution in [-0.2, 0) is 0 Å². The molecular weight excluding hydrogens is 510 g/mol. The SMILES string of the molecule is C=CC[C@@H](C=C)C1N=C(c2ccc(-c3ccccc3)cc2)N=C(C2=CC(c3ccccc3)=CC(c3ccccc3)C2)N1. The van der Waals surface area contributed by atoms with Gasteiger partial charge in [-0.2, -0.15) is 0 Å². The lowest BCUT2D eigenvalue weighted by molar-refractivity contribution is 0.478. The maximum Gasteiger partial charge on any atom is 0.159 e. The van der Waals surface area contributed by atoms with E-state index >= 15 is 0 Å². The van der Waals surface area contributed by atoms with Crippen molar-refractivity contribution in [2.75, 3.05) is 0 Å². The number of nitrogens with one attached hydrogen (secondary N) is 1. The summed E-state index contributed by atoms with van der Waals surface area (Å²) in [4.78, 5) is 10.3. The first-order chi connectivity index (χ1) is 20.7. The molecule has 1 aliphatic carbocycles. The van der Waals surface area contributed by atoms with Gasteiger partial charge in [0.05, 0.1) is 0 Å². The minimum absolute atomic E-state index is 0.0878. The third-order valence-corrected chi connectivity index (χ3v) is 7.95. The Bertz CT molecular complexity index is 1660. The first kappa shape index (κ1) is 27.2. The van der Waals surface area contributed by atoms with Crippen molar-refractivity contribution < 1.29 is 0 Å². The van der Waals surface area contributed by atoms with Gasteiger partial charge in [-0.3, -0.25) is 0 Å². The molecule has 1 aliphatic heterocycles. The lowest BCUT2D eigenvalue weighted by Crippen LogP contribution is -2.43. The van der Waals surface area contributed by atoms with E-state index in [1.165, 1.54) is 33.4 Å². The third kappa shape index (κ3) is 6.01. The smallest absolute Gasteiger partial charge is 0.159 e. The molecule has 0 fully saturated rings. The van der Waals surface area contributed by atoms with Crippen LogP contribution in [0.2, 0.25) is 0 Å². The molecule has 0 bridgehead atoms. The molecule has 3 nitrogen and oxygen atoms in total. The average molecular weight is 546 g/mol. The highest BCUT2D eigenvalue weighted by molar-refractivity contribution is 6.14. The largest absolute Gasteiger partial charge is 0.348 e. The summed E-state index contributed by atoms with van der Waals surface area (Å²) in [5, 5.41) is 3.69. The fourth-order valence-electron chi connectivity index (χ4n) is 5.66. The van der Waals surface area contributed by atoms with Gasteiger partial charge in [0.15, 0.2) is 5.84 Å². The lowest BCUT2D eigenvalue weighted by Gasteiger charge is -2.30. The molecule has 3 atom stereocenters. The van der Waals surface area contributed by atoms with E-state index in [0.29, 0.717) is 0 Å². The van der Waals surface area contributed by atoms with Crippen molar-refractivity contribution in [1.29, 1.82) is 0 Å². The predicted molar refractivity (Wildman–Crippen MR) is 178 cm³/mol. The average Bonchev–Trinajstić information content (AvgIpc) is 3.08. The number of amidine groups is 2. The highest BCUT2D eigenvalue weighted by Gasteiger charge is 2.28. The summed E-state index contributed by atoms with van der Waals surface area (Å²) in [6.07, 6.45) is 10.0. The minimum Gasteiger partial charge on any atom is -0.348 e. The summed E-state index contributed by atoms with van der Waals surface area (Å²) in [7, 11) is 0. The number of allylic oxidation sites excluding steroid dienone is 4. The molecule has 0 radical (unpaired) electrons. The molecule has 1 N–H and O–H groups in total. The number of rotatable bonds is 9. The van der Waals surface area contributed by atoms with Crippen molar-refractivity contribution in [3.8, 4) is 11.1 Å². The van der Waals surface area contributed by atoms with Crippen molar-refractivity contribution in [3.05, 3.63) is 175 Å². The Balaban J connectivity index is 1.40. The van der Waals surface area contributed by atoms with E-state index in [4.69, 9.17) is 9.98 Å². The Morgan fingerprint density at radius 2 is 1.33 bits per heavy atom. The molecule has 6 rings (SSSR count). The molecule has 206 valence electrons. The molecule has 4 aromatic carbocycles. The van der Waals surface area contributed by atoms with Crippen LogP contribution in [0.15, 0.2) is 168 Å². The summed E-state index contributed by atoms with van der Waals surface area (Å²) in [6, 6.07) is 40.3. The van der Waals surface area contributed by atoms with Crippen LogP contribution in [0, 0.1) is 5.92 Å². The van der Waals surface area contributed by atoms with Crippen molar-refractivity contribution >= 4 is 17.2 Å². The fraction of sp³-hybridized carbons (Fsp3) is 0.128. The van der Waals surface area contributed by atoms with Gasteiger partial charge < -0.3 is 5.32 Å². The van der Waals surface area contributed by atoms with Gasteiger partial charge in [-0.15, -0.1) is 13.2 Å². The maximum atomic E-state index is 5.16. The number of aliphatic imine (C=N–C) groups is 2. The summed E-state index contributed by atoms with van der Waals surface area (Å²) in [5.41, 5.74) is 8.23. The molecule has 2 unspecified atom stereocenters. The molecule has 4 aromatic rings. The van der Waals surface area contributed by atoms with Gasteiger partial charge in [0.1, 0.15) is 12.0 Å². The zero-order valence-electron chi connectivity index (χ0n) is 23.7. The molecular formula is C39H35N3. The van der Waals surface area contributed by atoms with E-state index < -0.39 is 0 Å². The predicted octanol–water partition coefficient (Wildman–Crippen LogP) is 9.00. The number of hydrogen-bond acceptors (Lipinski definition) is 3. The van der Waals surface area contributed by atoms with E-state index in [2.05, 4.69) is 140 Å². The van der Waals surface area contributed by atoms with E-state index in [0.717, 1.165) is 30.1 Å². The van der Waals surface area contributed by atoms with E-state index in [1.54, 1.807) is 0 Å². The van der Waals surface area contributed by atoms with Crippen LogP contribution in [0.25, 0.3) is 16.7 Å². The Morgan fingerprint density at radius 3 is 1.98 bits per heavy atom. The van der Waals surface area contributed by atoms with Gasteiger partial charge in [-0.25, -0.2) is 9.98 Å². The lowest BCUT2D eigenvalue weighted by atomic mass is 9.83. The molecule has 3 heteroatoms. The summed E-state index contributed by atoms with van der Waals surface area (Å²) < 4.78 is 0. The Morgan fingerprint density at radius 1 is 0.738 bits per heavy atom. The van der Waals surface area contributed by atoms with Crippen LogP contribution in [0.4, 0.5) is 0 Å².